The number of hydrogen-bond acceptors (Lipinski definition) is 7. The smallest absolute Gasteiger partial charge is 0.337 e. The lowest BCUT2D eigenvalue weighted by molar-refractivity contribution is -0.144. The highest BCUT2D eigenvalue weighted by Gasteiger charge is 2.41. The zero-order valence-electron chi connectivity index (χ0n) is 19.2. The molecule has 1 aromatic carbocycles. The monoisotopic (exact) mass is 441 g/mol. The SMILES string of the molecule is COc1ccc([C@@H]2C(C(=O)OC3CCCC3)=C(C)NC3=C2C(=O)CCC3)c(OC)c1OC. The fourth-order valence-electron chi connectivity index (χ4n) is 5.14. The molecule has 0 bridgehead atoms. The van der Waals surface area contributed by atoms with E-state index in [4.69, 9.17) is 18.9 Å². The molecule has 1 aromatic rings. The van der Waals surface area contributed by atoms with Crippen LogP contribution in [0.4, 0.5) is 0 Å². The number of nitrogens with one attached hydrogen (secondary N) is 1. The number of carbonyl (C=O) groups is 2. The molecule has 172 valence electrons. The lowest BCUT2D eigenvalue weighted by atomic mass is 9.75. The van der Waals surface area contributed by atoms with Gasteiger partial charge in [-0.25, -0.2) is 4.79 Å². The summed E-state index contributed by atoms with van der Waals surface area (Å²) in [6, 6.07) is 3.63. The van der Waals surface area contributed by atoms with Crippen LogP contribution in [0.15, 0.2) is 34.7 Å². The number of dihydropyridines is 1. The summed E-state index contributed by atoms with van der Waals surface area (Å²) in [7, 11) is 4.65. The van der Waals surface area contributed by atoms with Crippen molar-refractivity contribution in [3.05, 3.63) is 40.2 Å². The van der Waals surface area contributed by atoms with Crippen LogP contribution < -0.4 is 19.5 Å². The van der Waals surface area contributed by atoms with Gasteiger partial charge in [0.15, 0.2) is 17.3 Å². The van der Waals surface area contributed by atoms with Crippen molar-refractivity contribution in [1.82, 2.24) is 5.32 Å². The molecule has 0 radical (unpaired) electrons. The van der Waals surface area contributed by atoms with Gasteiger partial charge in [-0.2, -0.15) is 0 Å². The third kappa shape index (κ3) is 3.85. The Labute approximate surface area is 188 Å². The van der Waals surface area contributed by atoms with Gasteiger partial charge in [-0.3, -0.25) is 4.79 Å². The molecule has 7 nitrogen and oxygen atoms in total. The van der Waals surface area contributed by atoms with Crippen molar-refractivity contribution in [1.29, 1.82) is 0 Å². The van der Waals surface area contributed by atoms with Gasteiger partial charge in [0.05, 0.1) is 32.8 Å². The summed E-state index contributed by atoms with van der Waals surface area (Å²) >= 11 is 0. The Morgan fingerprint density at radius 2 is 1.69 bits per heavy atom. The molecular weight excluding hydrogens is 410 g/mol. The van der Waals surface area contributed by atoms with Gasteiger partial charge in [0, 0.05) is 29.0 Å². The van der Waals surface area contributed by atoms with Gasteiger partial charge >= 0.3 is 5.97 Å². The molecule has 3 aliphatic rings. The summed E-state index contributed by atoms with van der Waals surface area (Å²) in [5.74, 6) is 0.457. The zero-order valence-corrected chi connectivity index (χ0v) is 19.2. The second kappa shape index (κ2) is 9.27. The number of rotatable bonds is 6. The van der Waals surface area contributed by atoms with E-state index in [9.17, 15) is 9.59 Å². The van der Waals surface area contributed by atoms with E-state index < -0.39 is 5.92 Å². The molecular formula is C25H31NO6. The van der Waals surface area contributed by atoms with Crippen molar-refractivity contribution >= 4 is 11.8 Å². The predicted molar refractivity (Wildman–Crippen MR) is 119 cm³/mol. The van der Waals surface area contributed by atoms with Crippen LogP contribution in [0.3, 0.4) is 0 Å². The molecule has 1 aliphatic heterocycles. The first-order chi connectivity index (χ1) is 15.5. The first-order valence-electron chi connectivity index (χ1n) is 11.2. The van der Waals surface area contributed by atoms with Crippen molar-refractivity contribution in [2.75, 3.05) is 21.3 Å². The minimum atomic E-state index is -0.595. The van der Waals surface area contributed by atoms with Crippen LogP contribution in [0.25, 0.3) is 0 Å². The number of ether oxygens (including phenoxy) is 4. The van der Waals surface area contributed by atoms with Gasteiger partial charge in [0.25, 0.3) is 0 Å². The molecule has 0 saturated heterocycles. The van der Waals surface area contributed by atoms with E-state index in [1.165, 1.54) is 0 Å². The summed E-state index contributed by atoms with van der Waals surface area (Å²) in [5, 5.41) is 3.33. The quantitative estimate of drug-likeness (QED) is 0.664. The van der Waals surface area contributed by atoms with E-state index in [1.54, 1.807) is 27.4 Å². The van der Waals surface area contributed by atoms with Gasteiger partial charge in [-0.05, 0) is 51.5 Å². The maximum Gasteiger partial charge on any atom is 0.337 e. The maximum absolute atomic E-state index is 13.5. The number of allylic oxidation sites excluding steroid dienone is 3. The molecule has 1 saturated carbocycles. The van der Waals surface area contributed by atoms with Gasteiger partial charge in [0.1, 0.15) is 6.10 Å². The minimum Gasteiger partial charge on any atom is -0.493 e. The van der Waals surface area contributed by atoms with Crippen LogP contribution in [0.5, 0.6) is 17.2 Å². The van der Waals surface area contributed by atoms with Crippen molar-refractivity contribution in [3.8, 4) is 17.2 Å². The number of carbonyl (C=O) groups excluding carboxylic acids is 2. The lowest BCUT2D eigenvalue weighted by Crippen LogP contribution is -2.35. The molecule has 7 heteroatoms. The van der Waals surface area contributed by atoms with Crippen molar-refractivity contribution in [2.24, 2.45) is 0 Å². The van der Waals surface area contributed by atoms with Crippen LogP contribution in [0, 0.1) is 0 Å². The highest BCUT2D eigenvalue weighted by atomic mass is 16.5. The second-order valence-corrected chi connectivity index (χ2v) is 8.50. The first kappa shape index (κ1) is 22.2. The molecule has 1 heterocycles. The molecule has 0 unspecified atom stereocenters. The van der Waals surface area contributed by atoms with Crippen LogP contribution in [0.2, 0.25) is 0 Å². The van der Waals surface area contributed by atoms with Crippen LogP contribution >= 0.6 is 0 Å². The Morgan fingerprint density at radius 3 is 2.34 bits per heavy atom. The fourth-order valence-corrected chi connectivity index (χ4v) is 5.14. The van der Waals surface area contributed by atoms with E-state index in [0.717, 1.165) is 44.2 Å². The molecule has 0 amide bonds. The Morgan fingerprint density at radius 1 is 0.969 bits per heavy atom. The number of Topliss-reactive ketones (excluding diaryl/α,β-unsaturated/α-hetero) is 1. The Hall–Kier alpha value is -2.96. The second-order valence-electron chi connectivity index (χ2n) is 8.50. The van der Waals surface area contributed by atoms with Gasteiger partial charge in [-0.15, -0.1) is 0 Å². The molecule has 1 N–H and O–H groups in total. The van der Waals surface area contributed by atoms with Gasteiger partial charge in [-0.1, -0.05) is 6.07 Å². The topological polar surface area (TPSA) is 83.1 Å². The summed E-state index contributed by atoms with van der Waals surface area (Å²) in [6.45, 7) is 1.87. The molecule has 1 atom stereocenters. The third-order valence-corrected chi connectivity index (χ3v) is 6.62. The average molecular weight is 442 g/mol. The highest BCUT2D eigenvalue weighted by Crippen LogP contribution is 2.50. The standard InChI is InChI=1S/C25H31NO6/c1-14-20(25(28)32-15-8-5-6-9-15)21(22-17(26-14)10-7-11-18(22)27)16-12-13-19(29-2)24(31-4)23(16)30-3/h12-13,15,21,26H,5-11H2,1-4H3/t21-/m1/s1. The average Bonchev–Trinajstić information content (AvgIpc) is 3.30. The van der Waals surface area contributed by atoms with Gasteiger partial charge < -0.3 is 24.3 Å². The lowest BCUT2D eigenvalue weighted by Gasteiger charge is -2.35. The molecule has 32 heavy (non-hydrogen) atoms. The number of ketones is 1. The molecule has 0 spiro atoms. The number of hydrogen-bond donors (Lipinski definition) is 1. The van der Waals surface area contributed by atoms with Crippen molar-refractivity contribution < 1.29 is 28.5 Å². The fraction of sp³-hybridized carbons (Fsp3) is 0.520. The van der Waals surface area contributed by atoms with E-state index in [-0.39, 0.29) is 17.9 Å². The number of methoxy groups -OCH3 is 3. The van der Waals surface area contributed by atoms with Gasteiger partial charge in [0.2, 0.25) is 5.75 Å². The largest absolute Gasteiger partial charge is 0.493 e. The first-order valence-corrected chi connectivity index (χ1v) is 11.2. The Balaban J connectivity index is 1.87. The molecule has 0 aromatic heterocycles. The minimum absolute atomic E-state index is 0.0410. The van der Waals surface area contributed by atoms with Crippen LogP contribution in [-0.2, 0) is 14.3 Å². The molecule has 4 rings (SSSR count). The Kier molecular flexibility index (Phi) is 6.44. The molecule has 2 aliphatic carbocycles. The maximum atomic E-state index is 13.5. The predicted octanol–water partition coefficient (Wildman–Crippen LogP) is 4.17. The summed E-state index contributed by atoms with van der Waals surface area (Å²) in [5.41, 5.74) is 3.34. The highest BCUT2D eigenvalue weighted by molar-refractivity contribution is 6.04. The van der Waals surface area contributed by atoms with Crippen molar-refractivity contribution in [2.45, 2.75) is 63.9 Å². The summed E-state index contributed by atoms with van der Waals surface area (Å²) in [4.78, 5) is 26.6. The molecule has 1 fully saturated rings. The number of benzene rings is 1. The Bertz CT molecular complexity index is 986. The van der Waals surface area contributed by atoms with E-state index in [0.29, 0.717) is 46.1 Å². The zero-order chi connectivity index (χ0) is 22.8. The van der Waals surface area contributed by atoms with Crippen LogP contribution in [0.1, 0.15) is 63.4 Å². The normalized spacial score (nSPS) is 21.2. The van der Waals surface area contributed by atoms with E-state index in [1.807, 2.05) is 13.0 Å². The van der Waals surface area contributed by atoms with Crippen molar-refractivity contribution in [3.63, 3.8) is 0 Å². The summed E-state index contributed by atoms with van der Waals surface area (Å²) < 4.78 is 22.7. The third-order valence-electron chi connectivity index (χ3n) is 6.62. The number of esters is 1. The summed E-state index contributed by atoms with van der Waals surface area (Å²) in [6.07, 6.45) is 5.81. The van der Waals surface area contributed by atoms with Crippen LogP contribution in [-0.4, -0.2) is 39.2 Å². The van der Waals surface area contributed by atoms with E-state index >= 15 is 0 Å². The van der Waals surface area contributed by atoms with E-state index in [2.05, 4.69) is 5.32 Å².